The minimum Gasteiger partial charge on any atom is -0.350 e. The lowest BCUT2D eigenvalue weighted by Gasteiger charge is -2.31. The maximum atomic E-state index is 12.2. The molecule has 1 atom stereocenters. The summed E-state index contributed by atoms with van der Waals surface area (Å²) in [6, 6.07) is 0.306. The number of anilines is 1. The predicted octanol–water partition coefficient (Wildman–Crippen LogP) is 0.752. The minimum absolute atomic E-state index is 0.0170. The Labute approximate surface area is 101 Å². The van der Waals surface area contributed by atoms with Gasteiger partial charge in [0.1, 0.15) is 0 Å². The van der Waals surface area contributed by atoms with E-state index in [0.717, 1.165) is 25.9 Å². The van der Waals surface area contributed by atoms with Crippen molar-refractivity contribution >= 4 is 5.82 Å². The van der Waals surface area contributed by atoms with Crippen LogP contribution in [0.1, 0.15) is 32.7 Å². The molecule has 1 fully saturated rings. The van der Waals surface area contributed by atoms with Crippen LogP contribution in [0.5, 0.6) is 0 Å². The summed E-state index contributed by atoms with van der Waals surface area (Å²) in [5.74, 6) is 0.538. The molecule has 1 aromatic heterocycles. The molecular weight excluding hydrogens is 216 g/mol. The van der Waals surface area contributed by atoms with Gasteiger partial charge in [-0.2, -0.15) is 0 Å². The van der Waals surface area contributed by atoms with Crippen LogP contribution >= 0.6 is 0 Å². The monoisotopic (exact) mass is 236 g/mol. The molecule has 0 amide bonds. The van der Waals surface area contributed by atoms with Crippen molar-refractivity contribution in [3.05, 3.63) is 22.7 Å². The molecule has 0 spiro atoms. The molecule has 2 heterocycles. The fourth-order valence-corrected chi connectivity index (χ4v) is 2.24. The molecule has 5 heteroatoms. The molecule has 0 radical (unpaired) electrons. The molecular formula is C12H20N4O. The number of nitrogens with two attached hydrogens (primary N) is 1. The van der Waals surface area contributed by atoms with Gasteiger partial charge in [-0.1, -0.05) is 0 Å². The fourth-order valence-electron chi connectivity index (χ4n) is 2.24. The van der Waals surface area contributed by atoms with Crippen LogP contribution in [0.15, 0.2) is 17.2 Å². The van der Waals surface area contributed by atoms with Gasteiger partial charge in [-0.15, -0.1) is 0 Å². The van der Waals surface area contributed by atoms with Crippen molar-refractivity contribution in [2.24, 2.45) is 5.73 Å². The normalized spacial score (nSPS) is 20.9. The molecule has 1 aliphatic rings. The first kappa shape index (κ1) is 12.1. The quantitative estimate of drug-likeness (QED) is 0.823. The van der Waals surface area contributed by atoms with Crippen LogP contribution in [-0.4, -0.2) is 28.7 Å². The van der Waals surface area contributed by atoms with Gasteiger partial charge in [0.25, 0.3) is 5.56 Å². The maximum absolute atomic E-state index is 12.2. The zero-order valence-corrected chi connectivity index (χ0v) is 10.5. The van der Waals surface area contributed by atoms with Gasteiger partial charge < -0.3 is 15.2 Å². The molecule has 1 saturated heterocycles. The largest absolute Gasteiger partial charge is 0.350 e. The van der Waals surface area contributed by atoms with Gasteiger partial charge in [0, 0.05) is 37.6 Å². The summed E-state index contributed by atoms with van der Waals surface area (Å²) in [5, 5.41) is 0. The van der Waals surface area contributed by atoms with Crippen LogP contribution in [0.25, 0.3) is 0 Å². The first-order chi connectivity index (χ1) is 8.09. The Morgan fingerprint density at radius 1 is 1.53 bits per heavy atom. The third kappa shape index (κ3) is 2.49. The first-order valence-corrected chi connectivity index (χ1v) is 6.17. The van der Waals surface area contributed by atoms with Gasteiger partial charge in [0.15, 0.2) is 5.82 Å². The zero-order chi connectivity index (χ0) is 12.4. The van der Waals surface area contributed by atoms with E-state index in [1.165, 1.54) is 0 Å². The molecule has 5 nitrogen and oxygen atoms in total. The molecule has 17 heavy (non-hydrogen) atoms. The van der Waals surface area contributed by atoms with Crippen molar-refractivity contribution in [2.75, 3.05) is 18.0 Å². The lowest BCUT2D eigenvalue weighted by atomic mass is 10.1. The van der Waals surface area contributed by atoms with Crippen molar-refractivity contribution in [2.45, 2.75) is 38.8 Å². The van der Waals surface area contributed by atoms with Crippen LogP contribution in [0.2, 0.25) is 0 Å². The van der Waals surface area contributed by atoms with Gasteiger partial charge in [-0.05, 0) is 26.7 Å². The Morgan fingerprint density at radius 3 is 2.94 bits per heavy atom. The molecule has 1 unspecified atom stereocenters. The highest BCUT2D eigenvalue weighted by Crippen LogP contribution is 2.13. The summed E-state index contributed by atoms with van der Waals surface area (Å²) < 4.78 is 1.71. The molecule has 1 aromatic rings. The van der Waals surface area contributed by atoms with Crippen molar-refractivity contribution in [3.8, 4) is 0 Å². The Kier molecular flexibility index (Phi) is 3.47. The van der Waals surface area contributed by atoms with Gasteiger partial charge in [0.05, 0.1) is 0 Å². The van der Waals surface area contributed by atoms with Gasteiger partial charge in [-0.3, -0.25) is 4.79 Å². The molecule has 0 bridgehead atoms. The Morgan fingerprint density at radius 2 is 2.29 bits per heavy atom. The smallest absolute Gasteiger partial charge is 0.293 e. The van der Waals surface area contributed by atoms with Crippen LogP contribution in [0, 0.1) is 0 Å². The standard InChI is InChI=1S/C12H20N4O/c1-9(2)16-7-5-14-11(12(16)17)15-6-3-4-10(13)8-15/h5,7,9-10H,3-4,6,8,13H2,1-2H3. The third-order valence-corrected chi connectivity index (χ3v) is 3.16. The van der Waals surface area contributed by atoms with E-state index in [4.69, 9.17) is 5.73 Å². The number of aromatic nitrogens is 2. The van der Waals surface area contributed by atoms with E-state index in [-0.39, 0.29) is 17.6 Å². The topological polar surface area (TPSA) is 64.2 Å². The minimum atomic E-state index is -0.0170. The Bertz CT molecular complexity index is 440. The van der Waals surface area contributed by atoms with E-state index < -0.39 is 0 Å². The lowest BCUT2D eigenvalue weighted by molar-refractivity contribution is 0.496. The number of rotatable bonds is 2. The second-order valence-electron chi connectivity index (χ2n) is 4.91. The van der Waals surface area contributed by atoms with Crippen LogP contribution in [0.4, 0.5) is 5.82 Å². The summed E-state index contributed by atoms with van der Waals surface area (Å²) in [5.41, 5.74) is 5.92. The highest BCUT2D eigenvalue weighted by atomic mass is 16.1. The molecule has 0 aromatic carbocycles. The van der Waals surface area contributed by atoms with E-state index in [1.54, 1.807) is 17.0 Å². The number of piperidine rings is 1. The molecule has 0 saturated carbocycles. The van der Waals surface area contributed by atoms with Gasteiger partial charge in [-0.25, -0.2) is 4.98 Å². The molecule has 94 valence electrons. The van der Waals surface area contributed by atoms with Crippen molar-refractivity contribution < 1.29 is 0 Å². The SMILES string of the molecule is CC(C)n1ccnc(N2CCCC(N)C2)c1=O. The second-order valence-corrected chi connectivity index (χ2v) is 4.91. The van der Waals surface area contributed by atoms with Crippen LogP contribution < -0.4 is 16.2 Å². The zero-order valence-electron chi connectivity index (χ0n) is 10.5. The number of nitrogens with zero attached hydrogens (tertiary/aromatic N) is 3. The predicted molar refractivity (Wildman–Crippen MR) is 68.3 cm³/mol. The molecule has 2 N–H and O–H groups in total. The highest BCUT2D eigenvalue weighted by Gasteiger charge is 2.21. The summed E-state index contributed by atoms with van der Waals surface area (Å²) in [6.07, 6.45) is 5.48. The van der Waals surface area contributed by atoms with Crippen molar-refractivity contribution in [1.29, 1.82) is 0 Å². The molecule has 2 rings (SSSR count). The van der Waals surface area contributed by atoms with E-state index in [9.17, 15) is 4.79 Å². The maximum Gasteiger partial charge on any atom is 0.293 e. The van der Waals surface area contributed by atoms with Crippen molar-refractivity contribution in [3.63, 3.8) is 0 Å². The average Bonchev–Trinajstić information content (AvgIpc) is 2.29. The van der Waals surface area contributed by atoms with Crippen LogP contribution in [0.3, 0.4) is 0 Å². The fraction of sp³-hybridized carbons (Fsp3) is 0.667. The molecule has 0 aliphatic carbocycles. The average molecular weight is 236 g/mol. The highest BCUT2D eigenvalue weighted by molar-refractivity contribution is 5.36. The van der Waals surface area contributed by atoms with Crippen LogP contribution in [-0.2, 0) is 0 Å². The van der Waals surface area contributed by atoms with E-state index in [2.05, 4.69) is 4.98 Å². The lowest BCUT2D eigenvalue weighted by Crippen LogP contribution is -2.45. The molecule has 1 aliphatic heterocycles. The second kappa shape index (κ2) is 4.87. The Balaban J connectivity index is 2.32. The summed E-state index contributed by atoms with van der Waals surface area (Å²) in [7, 11) is 0. The van der Waals surface area contributed by atoms with Crippen molar-refractivity contribution in [1.82, 2.24) is 9.55 Å². The Hall–Kier alpha value is -1.36. The summed E-state index contributed by atoms with van der Waals surface area (Å²) in [4.78, 5) is 18.5. The summed E-state index contributed by atoms with van der Waals surface area (Å²) in [6.45, 7) is 5.59. The van der Waals surface area contributed by atoms with Gasteiger partial charge in [0.2, 0.25) is 0 Å². The first-order valence-electron chi connectivity index (χ1n) is 6.17. The number of hydrogen-bond acceptors (Lipinski definition) is 4. The van der Waals surface area contributed by atoms with Gasteiger partial charge >= 0.3 is 0 Å². The van der Waals surface area contributed by atoms with E-state index in [0.29, 0.717) is 5.82 Å². The van der Waals surface area contributed by atoms with E-state index in [1.807, 2.05) is 18.7 Å². The summed E-state index contributed by atoms with van der Waals surface area (Å²) >= 11 is 0. The number of hydrogen-bond donors (Lipinski definition) is 1. The third-order valence-electron chi connectivity index (χ3n) is 3.16. The van der Waals surface area contributed by atoms with E-state index >= 15 is 0 Å².